The molecule has 1 saturated carbocycles. The third kappa shape index (κ3) is 4.04. The van der Waals surface area contributed by atoms with E-state index in [1.165, 1.54) is 12.8 Å². The summed E-state index contributed by atoms with van der Waals surface area (Å²) in [6, 6.07) is 7.60. The SMILES string of the molecule is Cn1nc(C2CC2)cc1NC(=O)N(Cc1ccccn1)CC1CCCO1. The van der Waals surface area contributed by atoms with Gasteiger partial charge in [0.15, 0.2) is 0 Å². The minimum atomic E-state index is -0.142. The van der Waals surface area contributed by atoms with Crippen LogP contribution >= 0.6 is 0 Å². The molecule has 0 bridgehead atoms. The van der Waals surface area contributed by atoms with Crippen molar-refractivity contribution < 1.29 is 9.53 Å². The Labute approximate surface area is 153 Å². The number of anilines is 1. The maximum absolute atomic E-state index is 12.9. The number of pyridine rings is 1. The van der Waals surface area contributed by atoms with Gasteiger partial charge in [-0.25, -0.2) is 4.79 Å². The molecule has 2 aliphatic rings. The number of carbonyl (C=O) groups excluding carboxylic acids is 1. The molecule has 26 heavy (non-hydrogen) atoms. The van der Waals surface area contributed by atoms with Crippen LogP contribution in [-0.2, 0) is 18.3 Å². The van der Waals surface area contributed by atoms with E-state index >= 15 is 0 Å². The van der Waals surface area contributed by atoms with Gasteiger partial charge in [-0.2, -0.15) is 5.10 Å². The Kier molecular flexibility index (Phi) is 4.88. The van der Waals surface area contributed by atoms with Crippen LogP contribution in [-0.4, -0.2) is 45.0 Å². The second-order valence-electron chi connectivity index (χ2n) is 7.12. The topological polar surface area (TPSA) is 72.3 Å². The van der Waals surface area contributed by atoms with Crippen LogP contribution in [0.15, 0.2) is 30.5 Å². The number of aryl methyl sites for hydroxylation is 1. The molecule has 0 radical (unpaired) electrons. The van der Waals surface area contributed by atoms with E-state index in [0.717, 1.165) is 36.7 Å². The summed E-state index contributed by atoms with van der Waals surface area (Å²) in [6.45, 7) is 1.80. The summed E-state index contributed by atoms with van der Waals surface area (Å²) in [4.78, 5) is 19.1. The third-order valence-corrected chi connectivity index (χ3v) is 4.94. The third-order valence-electron chi connectivity index (χ3n) is 4.94. The number of nitrogens with zero attached hydrogens (tertiary/aromatic N) is 4. The predicted molar refractivity (Wildman–Crippen MR) is 97.8 cm³/mol. The van der Waals surface area contributed by atoms with Gasteiger partial charge in [-0.3, -0.25) is 15.0 Å². The summed E-state index contributed by atoms with van der Waals surface area (Å²) in [7, 11) is 1.87. The van der Waals surface area contributed by atoms with E-state index in [4.69, 9.17) is 4.74 Å². The first-order valence-electron chi connectivity index (χ1n) is 9.30. The zero-order valence-corrected chi connectivity index (χ0v) is 15.1. The molecule has 7 heteroatoms. The Morgan fingerprint density at radius 2 is 2.27 bits per heavy atom. The van der Waals surface area contributed by atoms with Crippen molar-refractivity contribution in [2.75, 3.05) is 18.5 Å². The van der Waals surface area contributed by atoms with Gasteiger partial charge in [0.05, 0.1) is 24.0 Å². The molecule has 0 aromatic carbocycles. The Balaban J connectivity index is 1.47. The molecule has 1 aliphatic carbocycles. The van der Waals surface area contributed by atoms with E-state index in [-0.39, 0.29) is 12.1 Å². The molecule has 1 atom stereocenters. The van der Waals surface area contributed by atoms with Gasteiger partial charge in [-0.1, -0.05) is 6.07 Å². The summed E-state index contributed by atoms with van der Waals surface area (Å²) in [5.41, 5.74) is 1.93. The molecule has 2 fully saturated rings. The van der Waals surface area contributed by atoms with Crippen LogP contribution in [0.25, 0.3) is 0 Å². The predicted octanol–water partition coefficient (Wildman–Crippen LogP) is 2.91. The van der Waals surface area contributed by atoms with Crippen molar-refractivity contribution in [3.63, 3.8) is 0 Å². The zero-order valence-electron chi connectivity index (χ0n) is 15.1. The molecule has 2 aromatic heterocycles. The molecule has 2 aromatic rings. The summed E-state index contributed by atoms with van der Waals surface area (Å²) in [6.07, 6.45) is 6.27. The first-order valence-corrected chi connectivity index (χ1v) is 9.30. The molecule has 4 rings (SSSR count). The maximum Gasteiger partial charge on any atom is 0.323 e. The second kappa shape index (κ2) is 7.45. The van der Waals surface area contributed by atoms with Crippen molar-refractivity contribution in [3.05, 3.63) is 41.9 Å². The summed E-state index contributed by atoms with van der Waals surface area (Å²) < 4.78 is 7.48. The van der Waals surface area contributed by atoms with Crippen molar-refractivity contribution in [1.29, 1.82) is 0 Å². The number of hydrogen-bond acceptors (Lipinski definition) is 4. The Morgan fingerprint density at radius 1 is 1.38 bits per heavy atom. The van der Waals surface area contributed by atoms with Crippen molar-refractivity contribution in [3.8, 4) is 0 Å². The lowest BCUT2D eigenvalue weighted by Crippen LogP contribution is -2.40. The van der Waals surface area contributed by atoms with E-state index in [2.05, 4.69) is 15.4 Å². The van der Waals surface area contributed by atoms with E-state index < -0.39 is 0 Å². The quantitative estimate of drug-likeness (QED) is 0.865. The highest BCUT2D eigenvalue weighted by Gasteiger charge is 2.28. The number of rotatable bonds is 6. The number of aromatic nitrogens is 3. The molecule has 2 amide bonds. The van der Waals surface area contributed by atoms with Gasteiger partial charge in [0, 0.05) is 38.4 Å². The highest BCUT2D eigenvalue weighted by molar-refractivity contribution is 5.88. The molecule has 0 spiro atoms. The van der Waals surface area contributed by atoms with Gasteiger partial charge in [0.1, 0.15) is 5.82 Å². The van der Waals surface area contributed by atoms with Crippen LogP contribution in [0.1, 0.15) is 43.0 Å². The fourth-order valence-corrected chi connectivity index (χ4v) is 3.31. The van der Waals surface area contributed by atoms with Gasteiger partial charge >= 0.3 is 6.03 Å². The lowest BCUT2D eigenvalue weighted by molar-refractivity contribution is 0.0816. The average molecular weight is 355 g/mol. The van der Waals surface area contributed by atoms with E-state index in [1.807, 2.05) is 31.3 Å². The normalized spacial score (nSPS) is 19.5. The fourth-order valence-electron chi connectivity index (χ4n) is 3.31. The summed E-state index contributed by atoms with van der Waals surface area (Å²) in [5, 5.41) is 7.53. The van der Waals surface area contributed by atoms with Crippen LogP contribution in [0.2, 0.25) is 0 Å². The summed E-state index contributed by atoms with van der Waals surface area (Å²) >= 11 is 0. The van der Waals surface area contributed by atoms with Crippen molar-refractivity contribution in [2.45, 2.75) is 44.2 Å². The lowest BCUT2D eigenvalue weighted by atomic mass is 10.2. The monoisotopic (exact) mass is 355 g/mol. The zero-order chi connectivity index (χ0) is 17.9. The van der Waals surface area contributed by atoms with Crippen molar-refractivity contribution in [2.24, 2.45) is 7.05 Å². The van der Waals surface area contributed by atoms with Gasteiger partial charge in [0.25, 0.3) is 0 Å². The smallest absolute Gasteiger partial charge is 0.323 e. The van der Waals surface area contributed by atoms with Crippen molar-refractivity contribution >= 4 is 11.8 Å². The van der Waals surface area contributed by atoms with Crippen LogP contribution in [0.4, 0.5) is 10.6 Å². The van der Waals surface area contributed by atoms with Gasteiger partial charge < -0.3 is 9.64 Å². The Hall–Kier alpha value is -2.41. The Bertz CT molecular complexity index is 751. The van der Waals surface area contributed by atoms with Gasteiger partial charge in [-0.15, -0.1) is 0 Å². The number of carbonyl (C=O) groups is 1. The van der Waals surface area contributed by atoms with E-state index in [1.54, 1.807) is 15.8 Å². The van der Waals surface area contributed by atoms with Gasteiger partial charge in [0.2, 0.25) is 0 Å². The molecule has 3 heterocycles. The van der Waals surface area contributed by atoms with E-state index in [9.17, 15) is 4.79 Å². The van der Waals surface area contributed by atoms with Crippen LogP contribution < -0.4 is 5.32 Å². The number of urea groups is 1. The summed E-state index contributed by atoms with van der Waals surface area (Å²) in [5.74, 6) is 1.29. The molecular formula is C19H25N5O2. The lowest BCUT2D eigenvalue weighted by Gasteiger charge is -2.25. The van der Waals surface area contributed by atoms with Crippen molar-refractivity contribution in [1.82, 2.24) is 19.7 Å². The van der Waals surface area contributed by atoms with Crippen LogP contribution in [0.5, 0.6) is 0 Å². The molecule has 7 nitrogen and oxygen atoms in total. The fraction of sp³-hybridized carbons (Fsp3) is 0.526. The van der Waals surface area contributed by atoms with Crippen LogP contribution in [0, 0.1) is 0 Å². The average Bonchev–Trinajstić information content (AvgIpc) is 3.25. The Morgan fingerprint density at radius 3 is 2.96 bits per heavy atom. The molecular weight excluding hydrogens is 330 g/mol. The number of nitrogens with one attached hydrogen (secondary N) is 1. The molecule has 1 N–H and O–H groups in total. The van der Waals surface area contributed by atoms with Gasteiger partial charge in [-0.05, 0) is 37.8 Å². The molecule has 1 saturated heterocycles. The van der Waals surface area contributed by atoms with E-state index in [0.29, 0.717) is 19.0 Å². The second-order valence-corrected chi connectivity index (χ2v) is 7.12. The minimum Gasteiger partial charge on any atom is -0.376 e. The number of amides is 2. The molecule has 1 aliphatic heterocycles. The highest BCUT2D eigenvalue weighted by atomic mass is 16.5. The standard InChI is InChI=1S/C19H25N5O2/c1-23-18(11-17(22-23)14-7-8-14)21-19(25)24(13-16-6-4-10-26-16)12-15-5-2-3-9-20-15/h2-3,5,9,11,14,16H,4,6-8,10,12-13H2,1H3,(H,21,25). The van der Waals surface area contributed by atoms with Crippen LogP contribution in [0.3, 0.4) is 0 Å². The molecule has 1 unspecified atom stereocenters. The first-order chi connectivity index (χ1) is 12.7. The largest absolute Gasteiger partial charge is 0.376 e. The minimum absolute atomic E-state index is 0.0954. The maximum atomic E-state index is 12.9. The highest BCUT2D eigenvalue weighted by Crippen LogP contribution is 2.39. The molecule has 138 valence electrons. The first kappa shape index (κ1) is 17.0. The number of hydrogen-bond donors (Lipinski definition) is 1. The number of ether oxygens (including phenoxy) is 1.